The van der Waals surface area contributed by atoms with E-state index < -0.39 is 0 Å². The molecule has 0 radical (unpaired) electrons. The van der Waals surface area contributed by atoms with Gasteiger partial charge in [-0.25, -0.2) is 0 Å². The Balaban J connectivity index is 0.000000415. The molecule has 0 bridgehead atoms. The lowest BCUT2D eigenvalue weighted by molar-refractivity contribution is 1.48. The first kappa shape index (κ1) is 15.3. The number of hydrogen-bond donors (Lipinski definition) is 1. The van der Waals surface area contributed by atoms with E-state index in [0.717, 1.165) is 0 Å². The van der Waals surface area contributed by atoms with Crippen molar-refractivity contribution in [2.75, 3.05) is 0 Å². The maximum Gasteiger partial charge on any atom is 0.0465 e. The zero-order valence-electron chi connectivity index (χ0n) is 13.0. The molecule has 0 atom stereocenters. The molecule has 19 heavy (non-hydrogen) atoms. The molecular weight excluding hydrogens is 230 g/mol. The Morgan fingerprint density at radius 3 is 1.37 bits per heavy atom. The first-order valence-corrected chi connectivity index (χ1v) is 7.23. The Morgan fingerprint density at radius 2 is 1.00 bits per heavy atom. The van der Waals surface area contributed by atoms with Gasteiger partial charge in [-0.1, -0.05) is 51.0 Å². The van der Waals surface area contributed by atoms with Crippen LogP contribution < -0.4 is 0 Å². The van der Waals surface area contributed by atoms with Crippen LogP contribution in [0.3, 0.4) is 0 Å². The van der Waals surface area contributed by atoms with E-state index in [2.05, 4.69) is 55.2 Å². The number of aromatic nitrogens is 1. The van der Waals surface area contributed by atoms with Gasteiger partial charge in [0.05, 0.1) is 0 Å². The molecular formula is C18H25N. The van der Waals surface area contributed by atoms with Crippen molar-refractivity contribution in [3.63, 3.8) is 0 Å². The summed E-state index contributed by atoms with van der Waals surface area (Å²) >= 11 is 0. The smallest absolute Gasteiger partial charge is 0.0465 e. The molecule has 1 heterocycles. The molecule has 102 valence electrons. The van der Waals surface area contributed by atoms with Gasteiger partial charge in [0, 0.05) is 21.8 Å². The van der Waals surface area contributed by atoms with Crippen LogP contribution in [0.15, 0.2) is 36.4 Å². The van der Waals surface area contributed by atoms with Crippen molar-refractivity contribution in [1.29, 1.82) is 0 Å². The molecule has 0 saturated heterocycles. The molecule has 2 aromatic carbocycles. The second-order valence-electron chi connectivity index (χ2n) is 4.22. The predicted molar refractivity (Wildman–Crippen MR) is 88.0 cm³/mol. The normalized spacial score (nSPS) is 9.58. The first-order chi connectivity index (χ1) is 9.24. The summed E-state index contributed by atoms with van der Waals surface area (Å²) in [6, 6.07) is 13.1. The van der Waals surface area contributed by atoms with Crippen LogP contribution in [0.5, 0.6) is 0 Å². The highest BCUT2D eigenvalue weighted by Gasteiger charge is 2.03. The Hall–Kier alpha value is -1.76. The van der Waals surface area contributed by atoms with Crippen molar-refractivity contribution in [3.05, 3.63) is 47.5 Å². The molecule has 3 rings (SSSR count). The van der Waals surface area contributed by atoms with Crippen molar-refractivity contribution in [2.45, 2.75) is 41.5 Å². The summed E-state index contributed by atoms with van der Waals surface area (Å²) in [4.78, 5) is 3.43. The van der Waals surface area contributed by atoms with Crippen molar-refractivity contribution in [2.24, 2.45) is 0 Å². The zero-order chi connectivity index (χ0) is 14.4. The number of aromatic amines is 1. The van der Waals surface area contributed by atoms with Gasteiger partial charge in [-0.15, -0.1) is 0 Å². The Labute approximate surface area is 116 Å². The highest BCUT2D eigenvalue weighted by Crippen LogP contribution is 2.26. The molecule has 1 N–H and O–H groups in total. The van der Waals surface area contributed by atoms with Crippen LogP contribution in [0.4, 0.5) is 0 Å². The molecule has 0 aliphatic heterocycles. The van der Waals surface area contributed by atoms with Gasteiger partial charge in [-0.05, 0) is 38.1 Å². The van der Waals surface area contributed by atoms with E-state index in [-0.39, 0.29) is 0 Å². The van der Waals surface area contributed by atoms with Crippen LogP contribution in [-0.2, 0) is 0 Å². The van der Waals surface area contributed by atoms with Crippen molar-refractivity contribution < 1.29 is 0 Å². The highest BCUT2D eigenvalue weighted by atomic mass is 14.7. The largest absolute Gasteiger partial charge is 0.355 e. The average molecular weight is 255 g/mol. The molecule has 0 fully saturated rings. The molecule has 0 amide bonds. The van der Waals surface area contributed by atoms with Gasteiger partial charge in [-0.3, -0.25) is 0 Å². The van der Waals surface area contributed by atoms with Crippen LogP contribution in [0, 0.1) is 13.8 Å². The number of benzene rings is 2. The van der Waals surface area contributed by atoms with Crippen LogP contribution in [-0.4, -0.2) is 4.98 Å². The fourth-order valence-corrected chi connectivity index (χ4v) is 2.12. The fourth-order valence-electron chi connectivity index (χ4n) is 2.12. The van der Waals surface area contributed by atoms with Crippen LogP contribution >= 0.6 is 0 Å². The average Bonchev–Trinajstić information content (AvgIpc) is 2.81. The minimum absolute atomic E-state index is 1.22. The van der Waals surface area contributed by atoms with E-state index in [1.165, 1.54) is 32.9 Å². The van der Waals surface area contributed by atoms with E-state index in [1.807, 2.05) is 27.7 Å². The number of aryl methyl sites for hydroxylation is 2. The van der Waals surface area contributed by atoms with Gasteiger partial charge in [0.15, 0.2) is 0 Å². The molecule has 1 aromatic heterocycles. The monoisotopic (exact) mass is 255 g/mol. The molecule has 3 aromatic rings. The van der Waals surface area contributed by atoms with Crippen molar-refractivity contribution in [3.8, 4) is 0 Å². The fraction of sp³-hybridized carbons (Fsp3) is 0.333. The minimum Gasteiger partial charge on any atom is -0.355 e. The summed E-state index contributed by atoms with van der Waals surface area (Å²) < 4.78 is 0. The van der Waals surface area contributed by atoms with Gasteiger partial charge < -0.3 is 4.98 Å². The quantitative estimate of drug-likeness (QED) is 0.508. The van der Waals surface area contributed by atoms with Gasteiger partial charge in [0.25, 0.3) is 0 Å². The third-order valence-electron chi connectivity index (χ3n) is 2.91. The second-order valence-corrected chi connectivity index (χ2v) is 4.22. The molecule has 1 nitrogen and oxygen atoms in total. The predicted octanol–water partition coefficient (Wildman–Crippen LogP) is 5.99. The number of hydrogen-bond acceptors (Lipinski definition) is 0. The SMILES string of the molecule is CC.CC.Cc1ccc2[nH]c3ccc(C)cc3c2c1. The lowest BCUT2D eigenvalue weighted by atomic mass is 10.1. The number of H-pyrrole nitrogens is 1. The van der Waals surface area contributed by atoms with Crippen LogP contribution in [0.1, 0.15) is 38.8 Å². The van der Waals surface area contributed by atoms with E-state index in [9.17, 15) is 0 Å². The number of rotatable bonds is 0. The maximum absolute atomic E-state index is 3.43. The van der Waals surface area contributed by atoms with E-state index in [0.29, 0.717) is 0 Å². The number of nitrogens with one attached hydrogen (secondary N) is 1. The molecule has 0 aliphatic rings. The maximum atomic E-state index is 3.43. The molecule has 0 unspecified atom stereocenters. The standard InChI is InChI=1S/C14H13N.2C2H6/c1-9-3-5-13-11(7-9)12-8-10(2)4-6-14(12)15-13;2*1-2/h3-8,15H,1-2H3;2*1-2H3. The molecule has 0 saturated carbocycles. The lowest BCUT2D eigenvalue weighted by Crippen LogP contribution is -1.72. The summed E-state index contributed by atoms with van der Waals surface area (Å²) in [5.41, 5.74) is 5.07. The van der Waals surface area contributed by atoms with Crippen molar-refractivity contribution in [1.82, 2.24) is 4.98 Å². The summed E-state index contributed by atoms with van der Waals surface area (Å²) in [6.07, 6.45) is 0. The summed E-state index contributed by atoms with van der Waals surface area (Å²) in [5.74, 6) is 0. The van der Waals surface area contributed by atoms with Gasteiger partial charge in [0.1, 0.15) is 0 Å². The second kappa shape index (κ2) is 6.98. The van der Waals surface area contributed by atoms with E-state index in [4.69, 9.17) is 0 Å². The van der Waals surface area contributed by atoms with Crippen molar-refractivity contribution >= 4 is 21.8 Å². The third kappa shape index (κ3) is 3.17. The summed E-state index contributed by atoms with van der Waals surface area (Å²) in [6.45, 7) is 12.3. The Bertz CT molecular complexity index is 591. The van der Waals surface area contributed by atoms with E-state index >= 15 is 0 Å². The Morgan fingerprint density at radius 1 is 0.632 bits per heavy atom. The lowest BCUT2D eigenvalue weighted by Gasteiger charge is -1.94. The highest BCUT2D eigenvalue weighted by molar-refractivity contribution is 6.07. The number of fused-ring (bicyclic) bond motifs is 3. The van der Waals surface area contributed by atoms with Gasteiger partial charge >= 0.3 is 0 Å². The summed E-state index contributed by atoms with van der Waals surface area (Å²) in [7, 11) is 0. The molecule has 0 aliphatic carbocycles. The van der Waals surface area contributed by atoms with Gasteiger partial charge in [-0.2, -0.15) is 0 Å². The first-order valence-electron chi connectivity index (χ1n) is 7.23. The minimum atomic E-state index is 1.22. The summed E-state index contributed by atoms with van der Waals surface area (Å²) in [5, 5.41) is 2.66. The van der Waals surface area contributed by atoms with E-state index in [1.54, 1.807) is 0 Å². The topological polar surface area (TPSA) is 15.8 Å². The molecule has 1 heteroatoms. The Kier molecular flexibility index (Phi) is 5.62. The third-order valence-corrected chi connectivity index (χ3v) is 2.91. The van der Waals surface area contributed by atoms with Crippen LogP contribution in [0.2, 0.25) is 0 Å². The molecule has 0 spiro atoms. The zero-order valence-corrected chi connectivity index (χ0v) is 13.0. The van der Waals surface area contributed by atoms with Crippen LogP contribution in [0.25, 0.3) is 21.8 Å². The van der Waals surface area contributed by atoms with Gasteiger partial charge in [0.2, 0.25) is 0 Å².